The number of hydrogen-bond donors (Lipinski definition) is 1. The summed E-state index contributed by atoms with van der Waals surface area (Å²) in [5.41, 5.74) is 3.97. The molecule has 0 saturated carbocycles. The Bertz CT molecular complexity index is 1400. The van der Waals surface area contributed by atoms with E-state index in [0.717, 1.165) is 22.9 Å². The van der Waals surface area contributed by atoms with E-state index in [9.17, 15) is 14.0 Å². The third kappa shape index (κ3) is 5.06. The number of amides is 1. The largest absolute Gasteiger partial charge is 0.494 e. The summed E-state index contributed by atoms with van der Waals surface area (Å²) in [6.07, 6.45) is 0. The molecule has 3 aromatic carbocycles. The number of carbonyl (C=O) groups excluding carboxylic acids is 2. The van der Waals surface area contributed by atoms with Crippen LogP contribution in [-0.2, 0) is 4.74 Å². The minimum absolute atomic E-state index is 0.0606. The fourth-order valence-corrected chi connectivity index (χ4v) is 3.64. The summed E-state index contributed by atoms with van der Waals surface area (Å²) in [4.78, 5) is 25.1. The van der Waals surface area contributed by atoms with Gasteiger partial charge >= 0.3 is 5.97 Å². The van der Waals surface area contributed by atoms with Crippen LogP contribution in [0.25, 0.3) is 16.9 Å². The molecule has 35 heavy (non-hydrogen) atoms. The van der Waals surface area contributed by atoms with Crippen molar-refractivity contribution >= 4 is 17.6 Å². The van der Waals surface area contributed by atoms with E-state index in [1.54, 1.807) is 35.9 Å². The zero-order chi connectivity index (χ0) is 24.9. The standard InChI is InChI=1S/C27H24FN3O4/c1-4-35-27(33)22-16-24(31(30-22)23-11-6-5-8-17(23)2)18-9-7-10-20(14-18)29-26(32)19-12-13-25(34-3)21(28)15-19/h5-16H,4H2,1-3H3,(H,29,32). The summed E-state index contributed by atoms with van der Waals surface area (Å²) in [5, 5.41) is 7.29. The molecule has 0 fully saturated rings. The number of aryl methyl sites for hydroxylation is 1. The summed E-state index contributed by atoms with van der Waals surface area (Å²) in [7, 11) is 1.36. The molecule has 0 radical (unpaired) electrons. The number of para-hydroxylation sites is 1. The molecule has 0 aliphatic carbocycles. The monoisotopic (exact) mass is 473 g/mol. The molecule has 0 saturated heterocycles. The average Bonchev–Trinajstić information content (AvgIpc) is 3.30. The molecule has 4 rings (SSSR count). The summed E-state index contributed by atoms with van der Waals surface area (Å²) in [6.45, 7) is 3.92. The van der Waals surface area contributed by atoms with Gasteiger partial charge in [-0.3, -0.25) is 4.79 Å². The minimum atomic E-state index is -0.623. The molecule has 0 bridgehead atoms. The van der Waals surface area contributed by atoms with Crippen LogP contribution in [0.3, 0.4) is 0 Å². The number of benzene rings is 3. The van der Waals surface area contributed by atoms with Gasteiger partial charge in [0.1, 0.15) is 0 Å². The second-order valence-corrected chi connectivity index (χ2v) is 7.72. The molecular formula is C27H24FN3O4. The number of esters is 1. The first-order valence-electron chi connectivity index (χ1n) is 11.0. The molecule has 0 aliphatic heterocycles. The van der Waals surface area contributed by atoms with Gasteiger partial charge < -0.3 is 14.8 Å². The number of rotatable bonds is 7. The summed E-state index contributed by atoms with van der Waals surface area (Å²) < 4.78 is 25.8. The van der Waals surface area contributed by atoms with Crippen LogP contribution in [0.4, 0.5) is 10.1 Å². The molecule has 1 aromatic heterocycles. The molecule has 8 heteroatoms. The van der Waals surface area contributed by atoms with Crippen LogP contribution in [0.1, 0.15) is 33.3 Å². The molecule has 0 unspecified atom stereocenters. The number of halogens is 1. The van der Waals surface area contributed by atoms with E-state index in [1.165, 1.54) is 19.2 Å². The zero-order valence-corrected chi connectivity index (χ0v) is 19.5. The number of nitrogens with one attached hydrogen (secondary N) is 1. The predicted octanol–water partition coefficient (Wildman–Crippen LogP) is 5.42. The van der Waals surface area contributed by atoms with Crippen LogP contribution in [0, 0.1) is 12.7 Å². The van der Waals surface area contributed by atoms with Gasteiger partial charge in [-0.2, -0.15) is 5.10 Å². The Balaban J connectivity index is 1.70. The Morgan fingerprint density at radius 3 is 2.54 bits per heavy atom. The van der Waals surface area contributed by atoms with Crippen LogP contribution < -0.4 is 10.1 Å². The highest BCUT2D eigenvalue weighted by molar-refractivity contribution is 6.04. The SMILES string of the molecule is CCOC(=O)c1cc(-c2cccc(NC(=O)c3ccc(OC)c(F)c3)c2)n(-c2ccccc2C)n1. The zero-order valence-electron chi connectivity index (χ0n) is 19.5. The van der Waals surface area contributed by atoms with Crippen LogP contribution >= 0.6 is 0 Å². The molecular weight excluding hydrogens is 449 g/mol. The van der Waals surface area contributed by atoms with Gasteiger partial charge in [0, 0.05) is 16.8 Å². The highest BCUT2D eigenvalue weighted by Crippen LogP contribution is 2.28. The van der Waals surface area contributed by atoms with E-state index in [4.69, 9.17) is 9.47 Å². The van der Waals surface area contributed by atoms with E-state index in [1.807, 2.05) is 37.3 Å². The Hall–Kier alpha value is -4.46. The lowest BCUT2D eigenvalue weighted by molar-refractivity contribution is 0.0518. The number of ether oxygens (including phenoxy) is 2. The number of methoxy groups -OCH3 is 1. The van der Waals surface area contributed by atoms with Gasteiger partial charge in [0.25, 0.3) is 5.91 Å². The first-order chi connectivity index (χ1) is 16.9. The van der Waals surface area contributed by atoms with Crippen molar-refractivity contribution in [2.75, 3.05) is 19.0 Å². The second kappa shape index (κ2) is 10.2. The Morgan fingerprint density at radius 1 is 1.03 bits per heavy atom. The number of anilines is 1. The molecule has 7 nitrogen and oxygen atoms in total. The Labute approximate surface area is 202 Å². The van der Waals surface area contributed by atoms with Crippen molar-refractivity contribution in [2.45, 2.75) is 13.8 Å². The molecule has 1 N–H and O–H groups in total. The maximum absolute atomic E-state index is 14.0. The Kier molecular flexibility index (Phi) is 6.91. The maximum atomic E-state index is 14.0. The summed E-state index contributed by atoms with van der Waals surface area (Å²) in [6, 6.07) is 20.5. The molecule has 0 spiro atoms. The molecule has 4 aromatic rings. The van der Waals surface area contributed by atoms with Gasteiger partial charge in [-0.1, -0.05) is 30.3 Å². The van der Waals surface area contributed by atoms with Crippen molar-refractivity contribution in [3.63, 3.8) is 0 Å². The van der Waals surface area contributed by atoms with Gasteiger partial charge in [0.05, 0.1) is 25.1 Å². The lowest BCUT2D eigenvalue weighted by Crippen LogP contribution is -2.12. The maximum Gasteiger partial charge on any atom is 0.358 e. The van der Waals surface area contributed by atoms with Crippen LogP contribution in [0.15, 0.2) is 72.8 Å². The highest BCUT2D eigenvalue weighted by atomic mass is 19.1. The van der Waals surface area contributed by atoms with Crippen molar-refractivity contribution in [2.24, 2.45) is 0 Å². The van der Waals surface area contributed by atoms with Gasteiger partial charge in [0.15, 0.2) is 17.3 Å². The van der Waals surface area contributed by atoms with Crippen molar-refractivity contribution in [3.05, 3.63) is 95.4 Å². The third-order valence-corrected chi connectivity index (χ3v) is 5.37. The van der Waals surface area contributed by atoms with Crippen molar-refractivity contribution in [1.29, 1.82) is 0 Å². The van der Waals surface area contributed by atoms with Crippen molar-refractivity contribution < 1.29 is 23.5 Å². The first kappa shape index (κ1) is 23.7. The molecule has 0 atom stereocenters. The highest BCUT2D eigenvalue weighted by Gasteiger charge is 2.19. The first-order valence-corrected chi connectivity index (χ1v) is 11.0. The smallest absolute Gasteiger partial charge is 0.358 e. The van der Waals surface area contributed by atoms with Gasteiger partial charge in [0.2, 0.25) is 0 Å². The molecule has 0 aliphatic rings. The van der Waals surface area contributed by atoms with E-state index >= 15 is 0 Å². The van der Waals surface area contributed by atoms with E-state index in [2.05, 4.69) is 10.4 Å². The van der Waals surface area contributed by atoms with Gasteiger partial charge in [-0.05, 0) is 61.9 Å². The van der Waals surface area contributed by atoms with E-state index < -0.39 is 17.7 Å². The topological polar surface area (TPSA) is 82.5 Å². The predicted molar refractivity (Wildman–Crippen MR) is 131 cm³/mol. The van der Waals surface area contributed by atoms with E-state index in [0.29, 0.717) is 11.4 Å². The normalized spacial score (nSPS) is 10.6. The number of nitrogens with zero attached hydrogens (tertiary/aromatic N) is 2. The Morgan fingerprint density at radius 2 is 1.83 bits per heavy atom. The van der Waals surface area contributed by atoms with Crippen LogP contribution in [-0.4, -0.2) is 35.4 Å². The molecule has 1 heterocycles. The van der Waals surface area contributed by atoms with Gasteiger partial charge in [-0.25, -0.2) is 13.9 Å². The summed E-state index contributed by atoms with van der Waals surface area (Å²) >= 11 is 0. The molecule has 178 valence electrons. The van der Waals surface area contributed by atoms with Gasteiger partial charge in [-0.15, -0.1) is 0 Å². The lowest BCUT2D eigenvalue weighted by Gasteiger charge is -2.12. The van der Waals surface area contributed by atoms with E-state index in [-0.39, 0.29) is 23.6 Å². The second-order valence-electron chi connectivity index (χ2n) is 7.72. The average molecular weight is 474 g/mol. The number of carbonyl (C=O) groups is 2. The number of aromatic nitrogens is 2. The number of hydrogen-bond acceptors (Lipinski definition) is 5. The quantitative estimate of drug-likeness (QED) is 0.362. The van der Waals surface area contributed by atoms with Crippen molar-refractivity contribution in [1.82, 2.24) is 9.78 Å². The minimum Gasteiger partial charge on any atom is -0.494 e. The lowest BCUT2D eigenvalue weighted by atomic mass is 10.1. The van der Waals surface area contributed by atoms with Crippen LogP contribution in [0.5, 0.6) is 5.75 Å². The fraction of sp³-hybridized carbons (Fsp3) is 0.148. The summed E-state index contributed by atoms with van der Waals surface area (Å²) in [5.74, 6) is -1.55. The third-order valence-electron chi connectivity index (χ3n) is 5.37. The van der Waals surface area contributed by atoms with Crippen molar-refractivity contribution in [3.8, 4) is 22.7 Å². The molecule has 1 amide bonds. The fourth-order valence-electron chi connectivity index (χ4n) is 3.64. The van der Waals surface area contributed by atoms with Crippen LogP contribution in [0.2, 0.25) is 0 Å².